The fraction of sp³-hybridized carbons (Fsp3) is 1.00. The molecule has 2 fully saturated rings. The minimum Gasteiger partial charge on any atom is -0.311 e. The molecule has 1 heteroatoms. The first-order valence-electron chi connectivity index (χ1n) is 5.07. The van der Waals surface area contributed by atoms with Crippen molar-refractivity contribution in [3.63, 3.8) is 0 Å². The van der Waals surface area contributed by atoms with E-state index in [2.05, 4.69) is 19.2 Å². The van der Waals surface area contributed by atoms with E-state index in [4.69, 9.17) is 0 Å². The summed E-state index contributed by atoms with van der Waals surface area (Å²) in [6, 6.07) is 1.73. The van der Waals surface area contributed by atoms with Gasteiger partial charge in [-0.05, 0) is 37.5 Å². The predicted octanol–water partition coefficient (Wildman–Crippen LogP) is 2.17. The standard InChI is InChI=1S/C10H19N/c1-3-9(8-4-5-8)11-10-6-7(10)2/h7-11H,3-6H2,1-2H3. The van der Waals surface area contributed by atoms with E-state index >= 15 is 0 Å². The molecule has 0 amide bonds. The van der Waals surface area contributed by atoms with E-state index in [0.717, 1.165) is 23.9 Å². The summed E-state index contributed by atoms with van der Waals surface area (Å²) in [5, 5.41) is 3.75. The first-order chi connectivity index (χ1) is 5.31. The van der Waals surface area contributed by atoms with Crippen LogP contribution in [0.1, 0.15) is 39.5 Å². The average molecular weight is 153 g/mol. The topological polar surface area (TPSA) is 12.0 Å². The first kappa shape index (κ1) is 7.60. The largest absolute Gasteiger partial charge is 0.311 e. The number of hydrogen-bond donors (Lipinski definition) is 1. The zero-order chi connectivity index (χ0) is 7.84. The molecule has 0 spiro atoms. The van der Waals surface area contributed by atoms with Gasteiger partial charge >= 0.3 is 0 Å². The van der Waals surface area contributed by atoms with E-state index < -0.39 is 0 Å². The second-order valence-electron chi connectivity index (χ2n) is 4.34. The van der Waals surface area contributed by atoms with Gasteiger partial charge in [-0.25, -0.2) is 0 Å². The molecule has 0 aromatic rings. The summed E-state index contributed by atoms with van der Waals surface area (Å²) in [5.74, 6) is 2.00. The van der Waals surface area contributed by atoms with Gasteiger partial charge in [0.15, 0.2) is 0 Å². The molecule has 2 rings (SSSR count). The fourth-order valence-corrected chi connectivity index (χ4v) is 1.92. The SMILES string of the molecule is CCC(NC1CC1C)C1CC1. The summed E-state index contributed by atoms with van der Waals surface area (Å²) in [4.78, 5) is 0. The highest BCUT2D eigenvalue weighted by molar-refractivity contribution is 4.95. The van der Waals surface area contributed by atoms with Gasteiger partial charge in [-0.2, -0.15) is 0 Å². The van der Waals surface area contributed by atoms with Crippen molar-refractivity contribution in [1.82, 2.24) is 5.32 Å². The van der Waals surface area contributed by atoms with Crippen molar-refractivity contribution in [2.45, 2.75) is 51.6 Å². The molecule has 0 bridgehead atoms. The summed E-state index contributed by atoms with van der Waals surface area (Å²) < 4.78 is 0. The predicted molar refractivity (Wildman–Crippen MR) is 47.5 cm³/mol. The lowest BCUT2D eigenvalue weighted by Crippen LogP contribution is -2.32. The van der Waals surface area contributed by atoms with Crippen LogP contribution in [0, 0.1) is 11.8 Å². The zero-order valence-electron chi connectivity index (χ0n) is 7.64. The minimum atomic E-state index is 0.852. The van der Waals surface area contributed by atoms with Crippen LogP contribution >= 0.6 is 0 Å². The highest BCUT2D eigenvalue weighted by atomic mass is 15.0. The molecule has 0 aromatic heterocycles. The normalized spacial score (nSPS) is 38.7. The lowest BCUT2D eigenvalue weighted by molar-refractivity contribution is 0.438. The van der Waals surface area contributed by atoms with Gasteiger partial charge in [0.05, 0.1) is 0 Å². The van der Waals surface area contributed by atoms with Gasteiger partial charge in [0.1, 0.15) is 0 Å². The molecule has 3 unspecified atom stereocenters. The van der Waals surface area contributed by atoms with Crippen molar-refractivity contribution < 1.29 is 0 Å². The minimum absolute atomic E-state index is 0.852. The van der Waals surface area contributed by atoms with Crippen molar-refractivity contribution in [1.29, 1.82) is 0 Å². The maximum atomic E-state index is 3.75. The molecule has 2 aliphatic carbocycles. The molecule has 1 N–H and O–H groups in total. The molecular formula is C10H19N. The Hall–Kier alpha value is -0.0400. The lowest BCUT2D eigenvalue weighted by atomic mass is 10.1. The summed E-state index contributed by atoms with van der Waals surface area (Å²) in [7, 11) is 0. The van der Waals surface area contributed by atoms with Crippen LogP contribution in [0.4, 0.5) is 0 Å². The van der Waals surface area contributed by atoms with Crippen molar-refractivity contribution in [3.8, 4) is 0 Å². The molecule has 2 saturated carbocycles. The van der Waals surface area contributed by atoms with E-state index in [1.54, 1.807) is 0 Å². The third-order valence-corrected chi connectivity index (χ3v) is 3.17. The van der Waals surface area contributed by atoms with Crippen molar-refractivity contribution >= 4 is 0 Å². The monoisotopic (exact) mass is 153 g/mol. The van der Waals surface area contributed by atoms with E-state index in [-0.39, 0.29) is 0 Å². The first-order valence-corrected chi connectivity index (χ1v) is 5.07. The Kier molecular flexibility index (Phi) is 1.92. The Labute approximate surface area is 69.6 Å². The van der Waals surface area contributed by atoms with Gasteiger partial charge in [0.2, 0.25) is 0 Å². The highest BCUT2D eigenvalue weighted by Crippen LogP contribution is 2.37. The Bertz CT molecular complexity index is 140. The molecule has 0 aliphatic heterocycles. The van der Waals surface area contributed by atoms with Crippen LogP contribution in [0.15, 0.2) is 0 Å². The Balaban J connectivity index is 1.73. The fourth-order valence-electron chi connectivity index (χ4n) is 1.92. The third kappa shape index (κ3) is 1.76. The summed E-state index contributed by atoms with van der Waals surface area (Å²) >= 11 is 0. The van der Waals surface area contributed by atoms with Gasteiger partial charge in [-0.15, -0.1) is 0 Å². The molecule has 0 radical (unpaired) electrons. The van der Waals surface area contributed by atoms with Crippen LogP contribution in [-0.4, -0.2) is 12.1 Å². The van der Waals surface area contributed by atoms with Crippen molar-refractivity contribution in [2.75, 3.05) is 0 Å². The summed E-state index contributed by atoms with van der Waals surface area (Å²) in [6.45, 7) is 4.65. The quantitative estimate of drug-likeness (QED) is 0.652. The van der Waals surface area contributed by atoms with Gasteiger partial charge < -0.3 is 5.32 Å². The van der Waals surface area contributed by atoms with Crippen LogP contribution in [-0.2, 0) is 0 Å². The molecule has 3 atom stereocenters. The molecular weight excluding hydrogens is 134 g/mol. The zero-order valence-corrected chi connectivity index (χ0v) is 7.64. The maximum Gasteiger partial charge on any atom is 0.00990 e. The number of hydrogen-bond acceptors (Lipinski definition) is 1. The number of rotatable bonds is 4. The second-order valence-corrected chi connectivity index (χ2v) is 4.34. The maximum absolute atomic E-state index is 3.75. The molecule has 2 aliphatic rings. The molecule has 0 aromatic carbocycles. The smallest absolute Gasteiger partial charge is 0.00990 e. The molecule has 64 valence electrons. The van der Waals surface area contributed by atoms with E-state index in [0.29, 0.717) is 0 Å². The van der Waals surface area contributed by atoms with E-state index in [9.17, 15) is 0 Å². The van der Waals surface area contributed by atoms with Gasteiger partial charge in [0.25, 0.3) is 0 Å². The van der Waals surface area contributed by atoms with Crippen molar-refractivity contribution in [3.05, 3.63) is 0 Å². The second kappa shape index (κ2) is 2.78. The average Bonchev–Trinajstić information content (AvgIpc) is 2.81. The molecule has 1 nitrogen and oxygen atoms in total. The van der Waals surface area contributed by atoms with Crippen LogP contribution in [0.2, 0.25) is 0 Å². The Morgan fingerprint density at radius 3 is 2.45 bits per heavy atom. The van der Waals surface area contributed by atoms with Crippen LogP contribution in [0.5, 0.6) is 0 Å². The van der Waals surface area contributed by atoms with Gasteiger partial charge in [-0.3, -0.25) is 0 Å². The summed E-state index contributed by atoms with van der Waals surface area (Å²) in [6.07, 6.45) is 5.70. The van der Waals surface area contributed by atoms with Gasteiger partial charge in [0, 0.05) is 12.1 Å². The third-order valence-electron chi connectivity index (χ3n) is 3.17. The Morgan fingerprint density at radius 1 is 1.45 bits per heavy atom. The Morgan fingerprint density at radius 2 is 2.09 bits per heavy atom. The van der Waals surface area contributed by atoms with Crippen molar-refractivity contribution in [2.24, 2.45) is 11.8 Å². The van der Waals surface area contributed by atoms with E-state index in [1.807, 2.05) is 0 Å². The summed E-state index contributed by atoms with van der Waals surface area (Å²) in [5.41, 5.74) is 0. The number of nitrogens with one attached hydrogen (secondary N) is 1. The van der Waals surface area contributed by atoms with Gasteiger partial charge in [-0.1, -0.05) is 13.8 Å². The van der Waals surface area contributed by atoms with Crippen LogP contribution in [0.25, 0.3) is 0 Å². The molecule has 0 saturated heterocycles. The lowest BCUT2D eigenvalue weighted by Gasteiger charge is -2.15. The molecule has 11 heavy (non-hydrogen) atoms. The van der Waals surface area contributed by atoms with E-state index in [1.165, 1.54) is 25.7 Å². The molecule has 0 heterocycles. The highest BCUT2D eigenvalue weighted by Gasteiger charge is 2.38. The van der Waals surface area contributed by atoms with Crippen LogP contribution in [0.3, 0.4) is 0 Å². The van der Waals surface area contributed by atoms with Crippen LogP contribution < -0.4 is 5.32 Å².